The van der Waals surface area contributed by atoms with E-state index < -0.39 is 33.7 Å². The zero-order valence-corrected chi connectivity index (χ0v) is 17.3. The van der Waals surface area contributed by atoms with Crippen LogP contribution in [0.3, 0.4) is 0 Å². The molecule has 0 heterocycles. The van der Waals surface area contributed by atoms with Gasteiger partial charge in [0, 0.05) is 18.3 Å². The lowest BCUT2D eigenvalue weighted by Gasteiger charge is -2.26. The van der Waals surface area contributed by atoms with Gasteiger partial charge in [0.25, 0.3) is 15.9 Å². The van der Waals surface area contributed by atoms with Crippen LogP contribution in [-0.4, -0.2) is 32.2 Å². The van der Waals surface area contributed by atoms with Crippen molar-refractivity contribution >= 4 is 27.5 Å². The van der Waals surface area contributed by atoms with Crippen LogP contribution in [0.5, 0.6) is 0 Å². The predicted octanol–water partition coefficient (Wildman–Crippen LogP) is 2.93. The van der Waals surface area contributed by atoms with Gasteiger partial charge >= 0.3 is 0 Å². The summed E-state index contributed by atoms with van der Waals surface area (Å²) in [6, 6.07) is 17.7. The second-order valence-corrected chi connectivity index (χ2v) is 8.46. The molecule has 9 heteroatoms. The summed E-state index contributed by atoms with van der Waals surface area (Å²) in [6.45, 7) is 0. The van der Waals surface area contributed by atoms with E-state index >= 15 is 0 Å². The highest BCUT2D eigenvalue weighted by molar-refractivity contribution is 7.92. The summed E-state index contributed by atoms with van der Waals surface area (Å²) in [5.74, 6) is -1.99. The van der Waals surface area contributed by atoms with Crippen molar-refractivity contribution in [3.63, 3.8) is 0 Å². The number of sulfonamides is 1. The Balaban J connectivity index is 1.87. The highest BCUT2D eigenvalue weighted by atomic mass is 32.2. The Kier molecular flexibility index (Phi) is 6.36. The predicted molar refractivity (Wildman–Crippen MR) is 114 cm³/mol. The Hall–Kier alpha value is -3.72. The molecule has 3 N–H and O–H groups in total. The Bertz CT molecular complexity index is 1220. The normalized spacial score (nSPS) is 12.1. The molecular formula is C22H20FN3O4S. The van der Waals surface area contributed by atoms with Gasteiger partial charge in [-0.3, -0.25) is 14.3 Å². The van der Waals surface area contributed by atoms with Crippen molar-refractivity contribution < 1.29 is 22.4 Å². The summed E-state index contributed by atoms with van der Waals surface area (Å²) in [4.78, 5) is 26.2. The average Bonchev–Trinajstić information content (AvgIpc) is 2.73. The molecule has 1 unspecified atom stereocenters. The molecule has 3 aromatic rings. The molecule has 0 bridgehead atoms. The van der Waals surface area contributed by atoms with Gasteiger partial charge in [-0.25, -0.2) is 12.8 Å². The lowest BCUT2D eigenvalue weighted by Crippen LogP contribution is -2.39. The van der Waals surface area contributed by atoms with Crippen LogP contribution in [0.2, 0.25) is 0 Å². The molecule has 0 aliphatic carbocycles. The number of nitrogens with one attached hydrogen (secondary N) is 1. The van der Waals surface area contributed by atoms with Crippen LogP contribution in [0.1, 0.15) is 22.0 Å². The maximum Gasteiger partial charge on any atom is 0.261 e. The van der Waals surface area contributed by atoms with Gasteiger partial charge in [0.2, 0.25) is 5.91 Å². The van der Waals surface area contributed by atoms with Crippen LogP contribution in [0.25, 0.3) is 0 Å². The first-order valence-electron chi connectivity index (χ1n) is 9.19. The minimum atomic E-state index is -3.84. The largest absolute Gasteiger partial charge is 0.368 e. The van der Waals surface area contributed by atoms with E-state index in [2.05, 4.69) is 4.72 Å². The molecule has 0 spiro atoms. The van der Waals surface area contributed by atoms with Crippen LogP contribution in [0.15, 0.2) is 83.8 Å². The van der Waals surface area contributed by atoms with Gasteiger partial charge in [-0.1, -0.05) is 36.4 Å². The molecule has 160 valence electrons. The zero-order valence-electron chi connectivity index (χ0n) is 16.5. The summed E-state index contributed by atoms with van der Waals surface area (Å²) < 4.78 is 41.1. The number of hydrogen-bond donors (Lipinski definition) is 2. The minimum Gasteiger partial charge on any atom is -0.368 e. The van der Waals surface area contributed by atoms with Gasteiger partial charge in [-0.15, -0.1) is 0 Å². The third-order valence-corrected chi connectivity index (χ3v) is 5.95. The number of likely N-dealkylation sites (N-methyl/N-ethyl adjacent to an activating group) is 1. The molecule has 7 nitrogen and oxygen atoms in total. The number of anilines is 1. The van der Waals surface area contributed by atoms with Crippen LogP contribution in [0, 0.1) is 5.82 Å². The zero-order chi connectivity index (χ0) is 22.6. The van der Waals surface area contributed by atoms with Gasteiger partial charge in [0.15, 0.2) is 0 Å². The number of carbonyl (C=O) groups is 2. The second-order valence-electron chi connectivity index (χ2n) is 6.78. The number of primary amides is 1. The number of benzene rings is 3. The number of carbonyl (C=O) groups excluding carboxylic acids is 2. The van der Waals surface area contributed by atoms with E-state index in [4.69, 9.17) is 5.73 Å². The summed E-state index contributed by atoms with van der Waals surface area (Å²) in [7, 11) is -2.48. The first kappa shape index (κ1) is 22.0. The number of rotatable bonds is 7. The van der Waals surface area contributed by atoms with Gasteiger partial charge in [0.1, 0.15) is 11.9 Å². The number of amides is 2. The number of hydrogen-bond acceptors (Lipinski definition) is 4. The number of halogens is 1. The van der Waals surface area contributed by atoms with E-state index in [1.165, 1.54) is 61.6 Å². The van der Waals surface area contributed by atoms with Crippen molar-refractivity contribution in [3.05, 3.63) is 95.8 Å². The highest BCUT2D eigenvalue weighted by Crippen LogP contribution is 2.24. The number of nitrogens with two attached hydrogens (primary N) is 1. The molecule has 0 aliphatic rings. The van der Waals surface area contributed by atoms with Crippen molar-refractivity contribution in [2.24, 2.45) is 5.73 Å². The molecule has 3 aromatic carbocycles. The van der Waals surface area contributed by atoms with E-state index in [1.807, 2.05) is 0 Å². The Labute approximate surface area is 179 Å². The minimum absolute atomic E-state index is 0.0729. The first-order valence-corrected chi connectivity index (χ1v) is 10.7. The number of nitrogens with zero attached hydrogens (tertiary/aromatic N) is 1. The van der Waals surface area contributed by atoms with Crippen LogP contribution < -0.4 is 10.5 Å². The molecule has 1 atom stereocenters. The maximum absolute atomic E-state index is 13.6. The van der Waals surface area contributed by atoms with E-state index in [0.29, 0.717) is 0 Å². The molecule has 2 amide bonds. The summed E-state index contributed by atoms with van der Waals surface area (Å²) in [5.41, 5.74) is 5.99. The summed E-state index contributed by atoms with van der Waals surface area (Å²) in [6.07, 6.45) is 0. The second kappa shape index (κ2) is 8.97. The van der Waals surface area contributed by atoms with Crippen molar-refractivity contribution in [1.82, 2.24) is 4.90 Å². The molecule has 0 aliphatic heterocycles. The molecule has 31 heavy (non-hydrogen) atoms. The SMILES string of the molecule is CN(C(=O)c1cccc(NS(=O)(=O)c2ccccc2)c1)C(C(N)=O)c1cccc(F)c1. The van der Waals surface area contributed by atoms with Crippen molar-refractivity contribution in [2.45, 2.75) is 10.9 Å². The van der Waals surface area contributed by atoms with E-state index in [1.54, 1.807) is 18.2 Å². The first-order chi connectivity index (χ1) is 14.7. The van der Waals surface area contributed by atoms with Crippen LogP contribution in [-0.2, 0) is 14.8 Å². The Morgan fingerprint density at radius 2 is 1.65 bits per heavy atom. The smallest absolute Gasteiger partial charge is 0.261 e. The van der Waals surface area contributed by atoms with Crippen molar-refractivity contribution in [3.8, 4) is 0 Å². The molecular weight excluding hydrogens is 421 g/mol. The van der Waals surface area contributed by atoms with Gasteiger partial charge in [0.05, 0.1) is 4.90 Å². The van der Waals surface area contributed by atoms with Gasteiger partial charge in [-0.2, -0.15) is 0 Å². The fourth-order valence-electron chi connectivity index (χ4n) is 3.11. The lowest BCUT2D eigenvalue weighted by atomic mass is 10.0. The molecule has 0 fully saturated rings. The molecule has 0 aromatic heterocycles. The highest BCUT2D eigenvalue weighted by Gasteiger charge is 2.28. The summed E-state index contributed by atoms with van der Waals surface area (Å²) in [5, 5.41) is 0. The van der Waals surface area contributed by atoms with E-state index in [-0.39, 0.29) is 21.7 Å². The summed E-state index contributed by atoms with van der Waals surface area (Å²) >= 11 is 0. The third kappa shape index (κ3) is 5.07. The maximum atomic E-state index is 13.6. The molecule has 0 saturated heterocycles. The van der Waals surface area contributed by atoms with E-state index in [9.17, 15) is 22.4 Å². The van der Waals surface area contributed by atoms with Crippen molar-refractivity contribution in [1.29, 1.82) is 0 Å². The van der Waals surface area contributed by atoms with Gasteiger partial charge in [-0.05, 0) is 48.0 Å². The van der Waals surface area contributed by atoms with Crippen LogP contribution in [0.4, 0.5) is 10.1 Å². The topological polar surface area (TPSA) is 110 Å². The third-order valence-electron chi connectivity index (χ3n) is 4.56. The Morgan fingerprint density at radius 3 is 2.29 bits per heavy atom. The fraction of sp³-hybridized carbons (Fsp3) is 0.0909. The van der Waals surface area contributed by atoms with Crippen LogP contribution >= 0.6 is 0 Å². The van der Waals surface area contributed by atoms with Gasteiger partial charge < -0.3 is 10.6 Å². The standard InChI is InChI=1S/C22H20FN3O4S/c1-26(20(21(24)27)15-7-5-9-17(23)13-15)22(28)16-8-6-10-18(14-16)25-31(29,30)19-11-3-2-4-12-19/h2-14,20,25H,1H3,(H2,24,27). The average molecular weight is 441 g/mol. The molecule has 0 saturated carbocycles. The monoisotopic (exact) mass is 441 g/mol. The lowest BCUT2D eigenvalue weighted by molar-refractivity contribution is -0.122. The molecule has 0 radical (unpaired) electrons. The Morgan fingerprint density at radius 1 is 0.968 bits per heavy atom. The van der Waals surface area contributed by atoms with Crippen molar-refractivity contribution in [2.75, 3.05) is 11.8 Å². The van der Waals surface area contributed by atoms with E-state index in [0.717, 1.165) is 11.0 Å². The fourth-order valence-corrected chi connectivity index (χ4v) is 4.18. The molecule has 3 rings (SSSR count). The quantitative estimate of drug-likeness (QED) is 0.587.